The zero-order chi connectivity index (χ0) is 20.2. The van der Waals surface area contributed by atoms with Crippen LogP contribution in [0.2, 0.25) is 25.7 Å². The molecule has 0 radical (unpaired) electrons. The Labute approximate surface area is 164 Å². The monoisotopic (exact) mass is 388 g/mol. The van der Waals surface area contributed by atoms with Crippen molar-refractivity contribution in [3.05, 3.63) is 33.9 Å². The van der Waals surface area contributed by atoms with Crippen LogP contribution in [0.5, 0.6) is 5.75 Å². The van der Waals surface area contributed by atoms with Gasteiger partial charge < -0.3 is 14.3 Å². The molecule has 1 unspecified atom stereocenters. The van der Waals surface area contributed by atoms with Crippen LogP contribution in [0.1, 0.15) is 52.9 Å². The summed E-state index contributed by atoms with van der Waals surface area (Å²) in [6, 6.07) is 1.02. The number of hydrogen-bond acceptors (Lipinski definition) is 4. The molecule has 0 aromatic heterocycles. The highest BCUT2D eigenvalue weighted by Gasteiger charge is 2.32. The summed E-state index contributed by atoms with van der Waals surface area (Å²) in [5.41, 5.74) is 4.68. The van der Waals surface area contributed by atoms with Crippen LogP contribution in [0, 0.1) is 12.8 Å². The number of hydrogen-bond donors (Lipinski definition) is 0. The lowest BCUT2D eigenvalue weighted by Crippen LogP contribution is -2.23. The number of fused-ring (bicyclic) bond motifs is 1. The van der Waals surface area contributed by atoms with E-state index >= 15 is 0 Å². The Morgan fingerprint density at radius 3 is 2.52 bits per heavy atom. The third kappa shape index (κ3) is 4.89. The highest BCUT2D eigenvalue weighted by molar-refractivity contribution is 6.76. The van der Waals surface area contributed by atoms with Crippen molar-refractivity contribution in [2.75, 3.05) is 6.61 Å². The second-order valence-corrected chi connectivity index (χ2v) is 14.0. The average molecular weight is 389 g/mol. The Morgan fingerprint density at radius 1 is 1.26 bits per heavy atom. The SMILES string of the molecule is CCc1c(C)c2c(c(OCC[Si](C)(C)C)c1C=CC(C=O)CC)C(=O)OC2. The first-order chi connectivity index (χ1) is 12.7. The molecule has 0 bridgehead atoms. The number of aldehydes is 1. The maximum absolute atomic E-state index is 12.4. The summed E-state index contributed by atoms with van der Waals surface area (Å²) in [4.78, 5) is 23.7. The van der Waals surface area contributed by atoms with E-state index < -0.39 is 8.07 Å². The van der Waals surface area contributed by atoms with Gasteiger partial charge in [0.25, 0.3) is 0 Å². The number of ether oxygens (including phenoxy) is 2. The fourth-order valence-corrected chi connectivity index (χ4v) is 4.04. The lowest BCUT2D eigenvalue weighted by molar-refractivity contribution is -0.109. The van der Waals surface area contributed by atoms with Crippen molar-refractivity contribution in [1.29, 1.82) is 0 Å². The van der Waals surface area contributed by atoms with Gasteiger partial charge in [0.2, 0.25) is 0 Å². The molecule has 1 aliphatic rings. The molecule has 1 aromatic carbocycles. The molecule has 0 aliphatic carbocycles. The molecular weight excluding hydrogens is 356 g/mol. The number of rotatable bonds is 9. The second-order valence-electron chi connectivity index (χ2n) is 8.36. The second kappa shape index (κ2) is 8.87. The fourth-order valence-electron chi connectivity index (χ4n) is 3.33. The van der Waals surface area contributed by atoms with Gasteiger partial charge in [0.1, 0.15) is 24.2 Å². The van der Waals surface area contributed by atoms with E-state index in [9.17, 15) is 9.59 Å². The van der Waals surface area contributed by atoms with Crippen molar-refractivity contribution in [1.82, 2.24) is 0 Å². The van der Waals surface area contributed by atoms with Crippen molar-refractivity contribution in [3.63, 3.8) is 0 Å². The van der Waals surface area contributed by atoms with Gasteiger partial charge in [-0.2, -0.15) is 0 Å². The molecule has 4 nitrogen and oxygen atoms in total. The van der Waals surface area contributed by atoms with E-state index in [2.05, 4.69) is 26.6 Å². The maximum atomic E-state index is 12.4. The topological polar surface area (TPSA) is 52.6 Å². The van der Waals surface area contributed by atoms with Crippen LogP contribution in [0.4, 0.5) is 0 Å². The van der Waals surface area contributed by atoms with Crippen molar-refractivity contribution in [3.8, 4) is 5.75 Å². The van der Waals surface area contributed by atoms with Gasteiger partial charge in [0, 0.05) is 25.1 Å². The van der Waals surface area contributed by atoms with Gasteiger partial charge in [-0.1, -0.05) is 45.6 Å². The molecule has 27 heavy (non-hydrogen) atoms. The number of carbonyl (C=O) groups is 2. The van der Waals surface area contributed by atoms with Gasteiger partial charge in [0.05, 0.1) is 6.61 Å². The first kappa shape index (κ1) is 21.4. The molecule has 0 N–H and O–H groups in total. The number of esters is 1. The summed E-state index contributed by atoms with van der Waals surface area (Å²) >= 11 is 0. The minimum atomic E-state index is -1.26. The molecule has 1 heterocycles. The van der Waals surface area contributed by atoms with Gasteiger partial charge in [0.15, 0.2) is 0 Å². The number of carbonyl (C=O) groups excluding carboxylic acids is 2. The van der Waals surface area contributed by atoms with Gasteiger partial charge >= 0.3 is 5.97 Å². The average Bonchev–Trinajstić information content (AvgIpc) is 2.99. The van der Waals surface area contributed by atoms with Crippen molar-refractivity contribution in [2.45, 2.75) is 65.9 Å². The van der Waals surface area contributed by atoms with E-state index in [1.807, 2.05) is 26.0 Å². The smallest absolute Gasteiger partial charge is 0.342 e. The standard InChI is InChI=1S/C22H32O4Si/c1-7-16(13-23)9-10-18-17(8-2)15(3)19-14-26-22(24)20(19)21(18)25-11-12-27(4,5)6/h9-10,13,16H,7-8,11-12,14H2,1-6H3. The Bertz CT molecular complexity index is 744. The van der Waals surface area contributed by atoms with Gasteiger partial charge in [-0.25, -0.2) is 4.79 Å². The highest BCUT2D eigenvalue weighted by Crippen LogP contribution is 2.39. The molecular formula is C22H32O4Si. The molecule has 0 spiro atoms. The van der Waals surface area contributed by atoms with E-state index in [0.717, 1.165) is 47.4 Å². The lowest BCUT2D eigenvalue weighted by atomic mass is 9.90. The van der Waals surface area contributed by atoms with Crippen LogP contribution in [-0.4, -0.2) is 26.9 Å². The van der Waals surface area contributed by atoms with Crippen LogP contribution >= 0.6 is 0 Å². The predicted molar refractivity (Wildman–Crippen MR) is 112 cm³/mol. The van der Waals surface area contributed by atoms with Crippen LogP contribution < -0.4 is 4.74 Å². The van der Waals surface area contributed by atoms with E-state index in [1.54, 1.807) is 0 Å². The van der Waals surface area contributed by atoms with E-state index in [1.165, 1.54) is 0 Å². The van der Waals surface area contributed by atoms with Crippen molar-refractivity contribution >= 4 is 26.4 Å². The lowest BCUT2D eigenvalue weighted by Gasteiger charge is -2.21. The zero-order valence-electron chi connectivity index (χ0n) is 17.5. The molecule has 1 aromatic rings. The summed E-state index contributed by atoms with van der Waals surface area (Å²) < 4.78 is 11.5. The van der Waals surface area contributed by atoms with Crippen molar-refractivity contribution in [2.24, 2.45) is 5.92 Å². The molecule has 0 saturated carbocycles. The summed E-state index contributed by atoms with van der Waals surface area (Å²) in [5.74, 6) is 0.186. The molecule has 0 saturated heterocycles. The minimum Gasteiger partial charge on any atom is -0.492 e. The van der Waals surface area contributed by atoms with E-state index in [4.69, 9.17) is 9.47 Å². The predicted octanol–water partition coefficient (Wildman–Crippen LogP) is 5.18. The molecule has 0 fully saturated rings. The van der Waals surface area contributed by atoms with Gasteiger partial charge in [-0.3, -0.25) is 0 Å². The Kier molecular flexibility index (Phi) is 7.04. The zero-order valence-corrected chi connectivity index (χ0v) is 18.5. The summed E-state index contributed by atoms with van der Waals surface area (Å²) in [7, 11) is -1.26. The summed E-state index contributed by atoms with van der Waals surface area (Å²) in [6.45, 7) is 13.9. The number of allylic oxidation sites excluding steroid dienone is 1. The highest BCUT2D eigenvalue weighted by atomic mass is 28.3. The Balaban J connectivity index is 2.56. The van der Waals surface area contributed by atoms with Crippen molar-refractivity contribution < 1.29 is 19.1 Å². The number of cyclic esters (lactones) is 1. The first-order valence-corrected chi connectivity index (χ1v) is 13.6. The van der Waals surface area contributed by atoms with Crippen LogP contribution in [0.3, 0.4) is 0 Å². The van der Waals surface area contributed by atoms with Crippen LogP contribution in [-0.2, 0) is 22.6 Å². The Hall–Kier alpha value is -1.88. The quantitative estimate of drug-likeness (QED) is 0.332. The molecule has 148 valence electrons. The van der Waals surface area contributed by atoms with E-state index in [-0.39, 0.29) is 11.9 Å². The van der Waals surface area contributed by atoms with E-state index in [0.29, 0.717) is 24.5 Å². The molecule has 1 atom stereocenters. The van der Waals surface area contributed by atoms with Crippen LogP contribution in [0.25, 0.3) is 6.08 Å². The maximum Gasteiger partial charge on any atom is 0.342 e. The van der Waals surface area contributed by atoms with Gasteiger partial charge in [-0.05, 0) is 36.9 Å². The minimum absolute atomic E-state index is 0.134. The summed E-state index contributed by atoms with van der Waals surface area (Å²) in [6.07, 6.45) is 6.42. The fraction of sp³-hybridized carbons (Fsp3) is 0.545. The largest absolute Gasteiger partial charge is 0.492 e. The summed E-state index contributed by atoms with van der Waals surface area (Å²) in [5, 5.41) is 0. The third-order valence-corrected chi connectivity index (χ3v) is 6.87. The normalized spacial score (nSPS) is 15.0. The number of benzene rings is 1. The Morgan fingerprint density at radius 2 is 1.96 bits per heavy atom. The third-order valence-electron chi connectivity index (χ3n) is 5.16. The van der Waals surface area contributed by atoms with Gasteiger partial charge in [-0.15, -0.1) is 0 Å². The molecule has 2 rings (SSSR count). The molecule has 1 aliphatic heterocycles. The first-order valence-electron chi connectivity index (χ1n) is 9.85. The van der Waals surface area contributed by atoms with Crippen LogP contribution in [0.15, 0.2) is 6.08 Å². The molecule has 5 heteroatoms. The molecule has 0 amide bonds.